The van der Waals surface area contributed by atoms with Gasteiger partial charge in [0.1, 0.15) is 0 Å². The summed E-state index contributed by atoms with van der Waals surface area (Å²) in [4.78, 5) is 13.5. The fraction of sp³-hybridized carbons (Fsp3) is 0.417. The van der Waals surface area contributed by atoms with Crippen LogP contribution in [0.3, 0.4) is 0 Å². The standard InChI is InChI=1S/C12H14Cl2N2O/c13-10-4-1-8(5-11(10)14)7-16(9-2-3-9)12(17)6-15/h1,4-5,9H,2-3,6-7,15H2. The van der Waals surface area contributed by atoms with Crippen LogP contribution in [0.15, 0.2) is 18.2 Å². The van der Waals surface area contributed by atoms with Crippen molar-refractivity contribution in [2.45, 2.75) is 25.4 Å². The van der Waals surface area contributed by atoms with E-state index < -0.39 is 0 Å². The Hall–Kier alpha value is -0.770. The van der Waals surface area contributed by atoms with E-state index in [1.807, 2.05) is 11.0 Å². The molecule has 0 aromatic heterocycles. The van der Waals surface area contributed by atoms with Gasteiger partial charge in [-0.25, -0.2) is 0 Å². The molecule has 0 atom stereocenters. The van der Waals surface area contributed by atoms with E-state index in [4.69, 9.17) is 28.9 Å². The Bertz CT molecular complexity index is 433. The Kier molecular flexibility index (Phi) is 3.92. The largest absolute Gasteiger partial charge is 0.334 e. The second-order valence-corrected chi connectivity index (χ2v) is 5.02. The third-order valence-corrected chi connectivity index (χ3v) is 3.56. The van der Waals surface area contributed by atoms with Gasteiger partial charge in [-0.15, -0.1) is 0 Å². The van der Waals surface area contributed by atoms with Crippen molar-refractivity contribution in [1.29, 1.82) is 0 Å². The molecule has 0 unspecified atom stereocenters. The van der Waals surface area contributed by atoms with Gasteiger partial charge < -0.3 is 10.6 Å². The van der Waals surface area contributed by atoms with Gasteiger partial charge in [-0.05, 0) is 30.5 Å². The van der Waals surface area contributed by atoms with Crippen LogP contribution in [-0.2, 0) is 11.3 Å². The number of hydrogen-bond donors (Lipinski definition) is 1. The summed E-state index contributed by atoms with van der Waals surface area (Å²) in [7, 11) is 0. The van der Waals surface area contributed by atoms with Crippen LogP contribution >= 0.6 is 23.2 Å². The molecule has 0 radical (unpaired) electrons. The van der Waals surface area contributed by atoms with E-state index in [2.05, 4.69) is 0 Å². The van der Waals surface area contributed by atoms with E-state index in [1.165, 1.54) is 0 Å². The summed E-state index contributed by atoms with van der Waals surface area (Å²) in [6, 6.07) is 5.77. The van der Waals surface area contributed by atoms with E-state index in [1.54, 1.807) is 12.1 Å². The van der Waals surface area contributed by atoms with Gasteiger partial charge in [0.25, 0.3) is 0 Å². The van der Waals surface area contributed by atoms with Crippen LogP contribution in [0, 0.1) is 0 Å². The summed E-state index contributed by atoms with van der Waals surface area (Å²) >= 11 is 11.8. The Labute approximate surface area is 110 Å². The topological polar surface area (TPSA) is 46.3 Å². The number of amides is 1. The SMILES string of the molecule is NCC(=O)N(Cc1ccc(Cl)c(Cl)c1)C1CC1. The van der Waals surface area contributed by atoms with Crippen LogP contribution in [0.25, 0.3) is 0 Å². The Morgan fingerprint density at radius 2 is 2.06 bits per heavy atom. The van der Waals surface area contributed by atoms with Gasteiger partial charge in [-0.1, -0.05) is 29.3 Å². The molecule has 0 aliphatic heterocycles. The fourth-order valence-electron chi connectivity index (χ4n) is 1.76. The minimum Gasteiger partial charge on any atom is -0.334 e. The van der Waals surface area contributed by atoms with Gasteiger partial charge in [0.05, 0.1) is 16.6 Å². The number of nitrogens with two attached hydrogens (primary N) is 1. The van der Waals surface area contributed by atoms with Crippen LogP contribution < -0.4 is 5.73 Å². The third-order valence-electron chi connectivity index (χ3n) is 2.82. The maximum atomic E-state index is 11.7. The minimum atomic E-state index is -0.0152. The van der Waals surface area contributed by atoms with Crippen LogP contribution in [0.1, 0.15) is 18.4 Å². The van der Waals surface area contributed by atoms with Gasteiger partial charge >= 0.3 is 0 Å². The first-order chi connectivity index (χ1) is 8.11. The van der Waals surface area contributed by atoms with Gasteiger partial charge in [0.2, 0.25) is 5.91 Å². The van der Waals surface area contributed by atoms with Crippen molar-refractivity contribution in [3.05, 3.63) is 33.8 Å². The van der Waals surface area contributed by atoms with Crippen molar-refractivity contribution in [2.75, 3.05) is 6.54 Å². The smallest absolute Gasteiger partial charge is 0.236 e. The summed E-state index contributed by atoms with van der Waals surface area (Å²) in [6.07, 6.45) is 2.13. The number of carbonyl (C=O) groups excluding carboxylic acids is 1. The molecule has 5 heteroatoms. The molecule has 1 aromatic rings. The lowest BCUT2D eigenvalue weighted by atomic mass is 10.2. The molecule has 92 valence electrons. The summed E-state index contributed by atoms with van der Waals surface area (Å²) in [5.41, 5.74) is 6.39. The highest BCUT2D eigenvalue weighted by atomic mass is 35.5. The summed E-state index contributed by atoms with van der Waals surface area (Å²) < 4.78 is 0. The predicted octanol–water partition coefficient (Wildman–Crippen LogP) is 2.44. The van der Waals surface area contributed by atoms with E-state index in [-0.39, 0.29) is 12.5 Å². The monoisotopic (exact) mass is 272 g/mol. The molecule has 1 saturated carbocycles. The first kappa shape index (κ1) is 12.7. The quantitative estimate of drug-likeness (QED) is 0.915. The molecular formula is C12H14Cl2N2O. The summed E-state index contributed by atoms with van der Waals surface area (Å²) in [6.45, 7) is 0.607. The van der Waals surface area contributed by atoms with Crippen molar-refractivity contribution in [3.63, 3.8) is 0 Å². The van der Waals surface area contributed by atoms with Gasteiger partial charge in [0, 0.05) is 12.6 Å². The second-order valence-electron chi connectivity index (χ2n) is 4.21. The summed E-state index contributed by atoms with van der Waals surface area (Å²) in [5.74, 6) is -0.0152. The first-order valence-corrected chi connectivity index (χ1v) is 6.31. The lowest BCUT2D eigenvalue weighted by Crippen LogP contribution is -2.37. The summed E-state index contributed by atoms with van der Waals surface area (Å²) in [5, 5.41) is 1.04. The van der Waals surface area contributed by atoms with Gasteiger partial charge in [-0.3, -0.25) is 4.79 Å². The molecule has 0 spiro atoms. The molecule has 0 heterocycles. The third kappa shape index (κ3) is 3.12. The van der Waals surface area contributed by atoms with Crippen molar-refractivity contribution in [3.8, 4) is 0 Å². The number of benzene rings is 1. The Morgan fingerprint density at radius 3 is 2.59 bits per heavy atom. The molecule has 17 heavy (non-hydrogen) atoms. The zero-order chi connectivity index (χ0) is 12.4. The van der Waals surface area contributed by atoms with Crippen molar-refractivity contribution < 1.29 is 4.79 Å². The highest BCUT2D eigenvalue weighted by molar-refractivity contribution is 6.42. The number of rotatable bonds is 4. The van der Waals surface area contributed by atoms with E-state index in [9.17, 15) is 4.79 Å². The molecule has 0 bridgehead atoms. The predicted molar refractivity (Wildman–Crippen MR) is 69.1 cm³/mol. The lowest BCUT2D eigenvalue weighted by Gasteiger charge is -2.22. The molecule has 2 N–H and O–H groups in total. The van der Waals surface area contributed by atoms with E-state index >= 15 is 0 Å². The van der Waals surface area contributed by atoms with Crippen molar-refractivity contribution in [2.24, 2.45) is 5.73 Å². The number of nitrogens with zero attached hydrogens (tertiary/aromatic N) is 1. The lowest BCUT2D eigenvalue weighted by molar-refractivity contribution is -0.130. The average Bonchev–Trinajstić information content (AvgIpc) is 3.13. The number of hydrogen-bond acceptors (Lipinski definition) is 2. The zero-order valence-corrected chi connectivity index (χ0v) is 10.8. The normalized spacial score (nSPS) is 14.8. The highest BCUT2D eigenvalue weighted by Gasteiger charge is 2.31. The van der Waals surface area contributed by atoms with E-state index in [0.717, 1.165) is 18.4 Å². The van der Waals surface area contributed by atoms with Crippen LogP contribution in [0.2, 0.25) is 10.0 Å². The number of carbonyl (C=O) groups is 1. The highest BCUT2D eigenvalue weighted by Crippen LogP contribution is 2.29. The first-order valence-electron chi connectivity index (χ1n) is 5.55. The molecule has 2 rings (SSSR count). The maximum absolute atomic E-state index is 11.7. The molecule has 1 aliphatic rings. The molecule has 1 amide bonds. The fourth-order valence-corrected chi connectivity index (χ4v) is 2.08. The van der Waals surface area contributed by atoms with Crippen LogP contribution in [0.5, 0.6) is 0 Å². The Balaban J connectivity index is 2.11. The second kappa shape index (κ2) is 5.25. The van der Waals surface area contributed by atoms with Crippen LogP contribution in [-0.4, -0.2) is 23.4 Å². The molecule has 1 aliphatic carbocycles. The average molecular weight is 273 g/mol. The molecular weight excluding hydrogens is 259 g/mol. The van der Waals surface area contributed by atoms with Gasteiger partial charge in [-0.2, -0.15) is 0 Å². The molecule has 1 aromatic carbocycles. The van der Waals surface area contributed by atoms with Crippen molar-refractivity contribution in [1.82, 2.24) is 4.90 Å². The molecule has 1 fully saturated rings. The van der Waals surface area contributed by atoms with Gasteiger partial charge in [0.15, 0.2) is 0 Å². The van der Waals surface area contributed by atoms with Crippen LogP contribution in [0.4, 0.5) is 0 Å². The maximum Gasteiger partial charge on any atom is 0.236 e. The number of halogens is 2. The van der Waals surface area contributed by atoms with E-state index in [0.29, 0.717) is 22.6 Å². The van der Waals surface area contributed by atoms with Crippen molar-refractivity contribution >= 4 is 29.1 Å². The zero-order valence-electron chi connectivity index (χ0n) is 9.33. The Morgan fingerprint density at radius 1 is 1.35 bits per heavy atom. The molecule has 3 nitrogen and oxygen atoms in total. The minimum absolute atomic E-state index is 0.0152. The molecule has 0 saturated heterocycles.